The highest BCUT2D eigenvalue weighted by atomic mass is 16.5. The van der Waals surface area contributed by atoms with Crippen LogP contribution in [0, 0.1) is 0 Å². The van der Waals surface area contributed by atoms with Crippen molar-refractivity contribution in [3.05, 3.63) is 48.0 Å². The number of para-hydroxylation sites is 1. The van der Waals surface area contributed by atoms with E-state index in [0.29, 0.717) is 12.3 Å². The van der Waals surface area contributed by atoms with Gasteiger partial charge in [0.15, 0.2) is 11.5 Å². The maximum atomic E-state index is 10.0. The lowest BCUT2D eigenvalue weighted by molar-refractivity contribution is 0.371. The normalized spacial score (nSPS) is 10.2. The van der Waals surface area contributed by atoms with Crippen molar-refractivity contribution in [2.75, 3.05) is 31.4 Å². The topological polar surface area (TPSA) is 44.7 Å². The molecule has 0 radical (unpaired) electrons. The average Bonchev–Trinajstić information content (AvgIpc) is 2.46. The first-order valence-corrected chi connectivity index (χ1v) is 6.48. The van der Waals surface area contributed by atoms with Crippen LogP contribution in [0.15, 0.2) is 42.5 Å². The van der Waals surface area contributed by atoms with E-state index in [-0.39, 0.29) is 5.75 Å². The molecule has 0 atom stereocenters. The molecule has 0 aromatic heterocycles. The SMILES string of the molecule is COc1cccc(CNc2ccc(N(C)C)cc2)c1O. The van der Waals surface area contributed by atoms with Crippen molar-refractivity contribution in [3.63, 3.8) is 0 Å². The van der Waals surface area contributed by atoms with E-state index in [9.17, 15) is 5.11 Å². The van der Waals surface area contributed by atoms with E-state index in [2.05, 4.69) is 10.2 Å². The number of anilines is 2. The Hall–Kier alpha value is -2.36. The third-order valence-corrected chi connectivity index (χ3v) is 3.17. The summed E-state index contributed by atoms with van der Waals surface area (Å²) in [5.41, 5.74) is 2.97. The zero-order valence-corrected chi connectivity index (χ0v) is 12.1. The summed E-state index contributed by atoms with van der Waals surface area (Å²) in [6.07, 6.45) is 0. The van der Waals surface area contributed by atoms with Crippen molar-refractivity contribution in [3.8, 4) is 11.5 Å². The van der Waals surface area contributed by atoms with Crippen LogP contribution in [0.4, 0.5) is 11.4 Å². The van der Waals surface area contributed by atoms with E-state index in [4.69, 9.17) is 4.74 Å². The van der Waals surface area contributed by atoms with Crippen molar-refractivity contribution in [1.82, 2.24) is 0 Å². The van der Waals surface area contributed by atoms with E-state index in [0.717, 1.165) is 16.9 Å². The fourth-order valence-electron chi connectivity index (χ4n) is 1.95. The minimum atomic E-state index is 0.187. The summed E-state index contributed by atoms with van der Waals surface area (Å²) in [4.78, 5) is 2.05. The Bertz CT molecular complexity index is 565. The molecular formula is C16H20N2O2. The minimum Gasteiger partial charge on any atom is -0.504 e. The van der Waals surface area contributed by atoms with Gasteiger partial charge >= 0.3 is 0 Å². The Morgan fingerprint density at radius 1 is 1.10 bits per heavy atom. The fraction of sp³-hybridized carbons (Fsp3) is 0.250. The van der Waals surface area contributed by atoms with Crippen LogP contribution in [-0.2, 0) is 6.54 Å². The molecule has 2 aromatic rings. The molecule has 0 saturated heterocycles. The monoisotopic (exact) mass is 272 g/mol. The Labute approximate surface area is 119 Å². The van der Waals surface area contributed by atoms with Crippen LogP contribution in [0.3, 0.4) is 0 Å². The average molecular weight is 272 g/mol. The maximum absolute atomic E-state index is 10.0. The second-order valence-electron chi connectivity index (χ2n) is 4.76. The van der Waals surface area contributed by atoms with Gasteiger partial charge in [-0.15, -0.1) is 0 Å². The standard InChI is InChI=1S/C16H20N2O2/c1-18(2)14-9-7-13(8-10-14)17-11-12-5-4-6-15(20-3)16(12)19/h4-10,17,19H,11H2,1-3H3. The molecule has 4 nitrogen and oxygen atoms in total. The summed E-state index contributed by atoms with van der Waals surface area (Å²) in [7, 11) is 5.57. The second kappa shape index (κ2) is 6.19. The number of phenols is 1. The number of hydrogen-bond donors (Lipinski definition) is 2. The van der Waals surface area contributed by atoms with Crippen LogP contribution < -0.4 is 15.0 Å². The van der Waals surface area contributed by atoms with Crippen LogP contribution >= 0.6 is 0 Å². The van der Waals surface area contributed by atoms with Gasteiger partial charge in [0.25, 0.3) is 0 Å². The Morgan fingerprint density at radius 2 is 1.80 bits per heavy atom. The number of methoxy groups -OCH3 is 1. The zero-order chi connectivity index (χ0) is 14.5. The molecule has 0 bridgehead atoms. The number of phenolic OH excluding ortho intramolecular Hbond substituents is 1. The van der Waals surface area contributed by atoms with Gasteiger partial charge in [0, 0.05) is 37.6 Å². The first-order chi connectivity index (χ1) is 9.61. The molecule has 0 aliphatic heterocycles. The van der Waals surface area contributed by atoms with Gasteiger partial charge in [-0.2, -0.15) is 0 Å². The van der Waals surface area contributed by atoms with Crippen LogP contribution in [0.1, 0.15) is 5.56 Å². The highest BCUT2D eigenvalue weighted by Crippen LogP contribution is 2.29. The number of aromatic hydroxyl groups is 1. The highest BCUT2D eigenvalue weighted by Gasteiger charge is 2.06. The van der Waals surface area contributed by atoms with Gasteiger partial charge in [-0.3, -0.25) is 0 Å². The van der Waals surface area contributed by atoms with Crippen LogP contribution in [0.25, 0.3) is 0 Å². The largest absolute Gasteiger partial charge is 0.504 e. The number of nitrogens with one attached hydrogen (secondary N) is 1. The molecule has 4 heteroatoms. The van der Waals surface area contributed by atoms with E-state index in [1.165, 1.54) is 0 Å². The van der Waals surface area contributed by atoms with Gasteiger partial charge < -0.3 is 20.1 Å². The summed E-state index contributed by atoms with van der Waals surface area (Å²) in [5.74, 6) is 0.680. The molecule has 0 unspecified atom stereocenters. The van der Waals surface area contributed by atoms with Crippen LogP contribution in [-0.4, -0.2) is 26.3 Å². The number of ether oxygens (including phenoxy) is 1. The highest BCUT2D eigenvalue weighted by molar-refractivity contribution is 5.55. The van der Waals surface area contributed by atoms with E-state index >= 15 is 0 Å². The van der Waals surface area contributed by atoms with E-state index < -0.39 is 0 Å². The lowest BCUT2D eigenvalue weighted by Crippen LogP contribution is -2.08. The zero-order valence-electron chi connectivity index (χ0n) is 12.1. The van der Waals surface area contributed by atoms with Crippen molar-refractivity contribution in [2.45, 2.75) is 6.54 Å². The van der Waals surface area contributed by atoms with Gasteiger partial charge in [0.1, 0.15) is 0 Å². The summed E-state index contributed by atoms with van der Waals surface area (Å²) in [6, 6.07) is 13.6. The van der Waals surface area contributed by atoms with Crippen molar-refractivity contribution in [1.29, 1.82) is 0 Å². The van der Waals surface area contributed by atoms with Crippen molar-refractivity contribution >= 4 is 11.4 Å². The van der Waals surface area contributed by atoms with Gasteiger partial charge in [0.05, 0.1) is 7.11 Å². The molecule has 0 fully saturated rings. The second-order valence-corrected chi connectivity index (χ2v) is 4.76. The summed E-state index contributed by atoms with van der Waals surface area (Å²) in [6.45, 7) is 0.546. The molecule has 0 heterocycles. The van der Waals surface area contributed by atoms with Gasteiger partial charge in [-0.05, 0) is 30.3 Å². The number of hydrogen-bond acceptors (Lipinski definition) is 4. The van der Waals surface area contributed by atoms with E-state index in [1.54, 1.807) is 13.2 Å². The molecule has 2 aromatic carbocycles. The first kappa shape index (κ1) is 14.1. The number of benzene rings is 2. The molecule has 2 rings (SSSR count). The van der Waals surface area contributed by atoms with E-state index in [1.807, 2.05) is 50.5 Å². The molecule has 0 saturated carbocycles. The molecular weight excluding hydrogens is 252 g/mol. The molecule has 106 valence electrons. The third-order valence-electron chi connectivity index (χ3n) is 3.17. The maximum Gasteiger partial charge on any atom is 0.162 e. The van der Waals surface area contributed by atoms with Crippen LogP contribution in [0.5, 0.6) is 11.5 Å². The first-order valence-electron chi connectivity index (χ1n) is 6.48. The molecule has 0 aliphatic rings. The van der Waals surface area contributed by atoms with Crippen molar-refractivity contribution in [2.24, 2.45) is 0 Å². The summed E-state index contributed by atoms with van der Waals surface area (Å²) in [5, 5.41) is 13.3. The lowest BCUT2D eigenvalue weighted by Gasteiger charge is -2.14. The number of rotatable bonds is 5. The summed E-state index contributed by atoms with van der Waals surface area (Å²) >= 11 is 0. The minimum absolute atomic E-state index is 0.187. The Balaban J connectivity index is 2.05. The van der Waals surface area contributed by atoms with Crippen molar-refractivity contribution < 1.29 is 9.84 Å². The lowest BCUT2D eigenvalue weighted by atomic mass is 10.1. The summed E-state index contributed by atoms with van der Waals surface area (Å²) < 4.78 is 5.10. The third kappa shape index (κ3) is 3.15. The van der Waals surface area contributed by atoms with Gasteiger partial charge in [0.2, 0.25) is 0 Å². The Kier molecular flexibility index (Phi) is 4.35. The Morgan fingerprint density at radius 3 is 2.40 bits per heavy atom. The quantitative estimate of drug-likeness (QED) is 0.878. The predicted molar refractivity (Wildman–Crippen MR) is 82.8 cm³/mol. The van der Waals surface area contributed by atoms with Gasteiger partial charge in [-0.25, -0.2) is 0 Å². The smallest absolute Gasteiger partial charge is 0.162 e. The predicted octanol–water partition coefficient (Wildman–Crippen LogP) is 3.08. The van der Waals surface area contributed by atoms with Crippen LogP contribution in [0.2, 0.25) is 0 Å². The molecule has 0 amide bonds. The fourth-order valence-corrected chi connectivity index (χ4v) is 1.95. The van der Waals surface area contributed by atoms with Gasteiger partial charge in [-0.1, -0.05) is 12.1 Å². The number of nitrogens with zero attached hydrogens (tertiary/aromatic N) is 1. The molecule has 2 N–H and O–H groups in total. The molecule has 20 heavy (non-hydrogen) atoms. The molecule has 0 spiro atoms. The molecule has 0 aliphatic carbocycles.